The molecule has 0 radical (unpaired) electrons. The summed E-state index contributed by atoms with van der Waals surface area (Å²) in [4.78, 5) is 16.7. The number of fused-ring (bicyclic) bond motifs is 1. The summed E-state index contributed by atoms with van der Waals surface area (Å²) in [5, 5.41) is 11.6. The number of rotatable bonds is 5. The van der Waals surface area contributed by atoms with Gasteiger partial charge in [-0.15, -0.1) is 0 Å². The summed E-state index contributed by atoms with van der Waals surface area (Å²) >= 11 is 11.4. The first kappa shape index (κ1) is 21.0. The summed E-state index contributed by atoms with van der Waals surface area (Å²) in [5.41, 5.74) is 3.97. The number of nitrogens with zero attached hydrogens (tertiary/aromatic N) is 3. The van der Waals surface area contributed by atoms with E-state index < -0.39 is 0 Å². The predicted molar refractivity (Wildman–Crippen MR) is 124 cm³/mol. The first-order chi connectivity index (χ1) is 13.9. The lowest BCUT2D eigenvalue weighted by molar-refractivity contribution is 0.937. The van der Waals surface area contributed by atoms with Crippen LogP contribution in [0, 0.1) is 13.8 Å². The maximum Gasteiger partial charge on any atom is 0.229 e. The maximum atomic E-state index is 6.14. The van der Waals surface area contributed by atoms with Crippen molar-refractivity contribution in [1.29, 1.82) is 0 Å². The molecule has 0 unspecified atom stereocenters. The minimum Gasteiger partial charge on any atom is -0.363 e. The number of benzene rings is 1. The largest absolute Gasteiger partial charge is 0.363 e. The van der Waals surface area contributed by atoms with Crippen LogP contribution in [0.4, 0.5) is 5.95 Å². The molecule has 0 saturated carbocycles. The third-order valence-corrected chi connectivity index (χ3v) is 4.64. The molecule has 9 heteroatoms. The number of aryl methyl sites for hydroxylation is 2. The summed E-state index contributed by atoms with van der Waals surface area (Å²) in [6.07, 6.45) is 2.74. The highest BCUT2D eigenvalue weighted by molar-refractivity contribution is 7.80. The zero-order chi connectivity index (χ0) is 20.8. The molecule has 29 heavy (non-hydrogen) atoms. The molecule has 0 aliphatic heterocycles. The second-order valence-corrected chi connectivity index (χ2v) is 7.41. The van der Waals surface area contributed by atoms with E-state index in [2.05, 4.69) is 35.9 Å². The molecule has 0 saturated heterocycles. The second-order valence-electron chi connectivity index (χ2n) is 6.57. The second kappa shape index (κ2) is 9.67. The van der Waals surface area contributed by atoms with Gasteiger partial charge in [0.25, 0.3) is 0 Å². The van der Waals surface area contributed by atoms with Crippen molar-refractivity contribution >= 4 is 51.7 Å². The van der Waals surface area contributed by atoms with Crippen molar-refractivity contribution in [3.63, 3.8) is 0 Å². The fraction of sp³-hybridized carbons (Fsp3) is 0.300. The van der Waals surface area contributed by atoms with Crippen LogP contribution in [0.2, 0.25) is 5.02 Å². The molecule has 3 rings (SSSR count). The van der Waals surface area contributed by atoms with Gasteiger partial charge in [-0.25, -0.2) is 9.97 Å². The lowest BCUT2D eigenvalue weighted by Gasteiger charge is -2.13. The van der Waals surface area contributed by atoms with Crippen LogP contribution in [0.25, 0.3) is 10.9 Å². The number of thiocarbonyl (C=S) groups is 1. The van der Waals surface area contributed by atoms with E-state index in [1.807, 2.05) is 51.2 Å². The van der Waals surface area contributed by atoms with Gasteiger partial charge in [-0.1, -0.05) is 11.6 Å². The Bertz CT molecular complexity index is 1020. The third kappa shape index (κ3) is 5.88. The molecule has 0 fully saturated rings. The smallest absolute Gasteiger partial charge is 0.229 e. The quantitative estimate of drug-likeness (QED) is 0.281. The van der Waals surface area contributed by atoms with E-state index in [1.54, 1.807) is 0 Å². The summed E-state index contributed by atoms with van der Waals surface area (Å²) in [7, 11) is 0. The molecule has 0 aliphatic rings. The first-order valence-corrected chi connectivity index (χ1v) is 10.2. The van der Waals surface area contributed by atoms with Crippen molar-refractivity contribution in [3.05, 3.63) is 52.4 Å². The van der Waals surface area contributed by atoms with Gasteiger partial charge in [-0.3, -0.25) is 10.3 Å². The topological polar surface area (TPSA) is 90.0 Å². The van der Waals surface area contributed by atoms with Gasteiger partial charge in [-0.2, -0.15) is 0 Å². The zero-order valence-corrected chi connectivity index (χ0v) is 18.2. The Morgan fingerprint density at radius 3 is 2.69 bits per heavy atom. The number of hydrogen-bond acceptors (Lipinski definition) is 4. The van der Waals surface area contributed by atoms with Gasteiger partial charge in [0.15, 0.2) is 5.11 Å². The van der Waals surface area contributed by atoms with Crippen LogP contribution in [0.1, 0.15) is 23.9 Å². The number of aromatic amines is 1. The van der Waals surface area contributed by atoms with Gasteiger partial charge in [0.2, 0.25) is 11.9 Å². The highest BCUT2D eigenvalue weighted by atomic mass is 35.5. The average molecular weight is 430 g/mol. The zero-order valence-electron chi connectivity index (χ0n) is 16.6. The molecule has 0 atom stereocenters. The van der Waals surface area contributed by atoms with E-state index in [0.29, 0.717) is 28.6 Å². The van der Waals surface area contributed by atoms with E-state index in [4.69, 9.17) is 23.8 Å². The molecule has 0 amide bonds. The molecular weight excluding hydrogens is 406 g/mol. The van der Waals surface area contributed by atoms with Crippen molar-refractivity contribution < 1.29 is 0 Å². The average Bonchev–Trinajstić information content (AvgIpc) is 3.03. The Kier molecular flexibility index (Phi) is 7.00. The summed E-state index contributed by atoms with van der Waals surface area (Å²) in [5.74, 6) is 0.978. The Morgan fingerprint density at radius 1 is 1.21 bits per heavy atom. The standard InChI is InChI=1S/C20H24ClN7S/c1-4-22-20(29)28-18(27-19-25-12(2)9-13(3)26-19)23-8-7-14-11-24-17-6-5-15(21)10-16(14)17/h5-6,9-11,24H,4,7-8H2,1-3H3,(H3,22,23,25,26,27,28,29). The van der Waals surface area contributed by atoms with Crippen LogP contribution < -0.4 is 16.0 Å². The Labute approximate surface area is 180 Å². The van der Waals surface area contributed by atoms with Gasteiger partial charge < -0.3 is 15.6 Å². The number of guanidine groups is 1. The predicted octanol–water partition coefficient (Wildman–Crippen LogP) is 3.72. The Balaban J connectivity index is 1.76. The molecule has 152 valence electrons. The number of halogens is 1. The molecule has 0 spiro atoms. The van der Waals surface area contributed by atoms with Gasteiger partial charge in [0, 0.05) is 46.6 Å². The third-order valence-electron chi connectivity index (χ3n) is 4.16. The molecule has 1 aromatic carbocycles. The minimum absolute atomic E-state index is 0.479. The molecule has 0 aliphatic carbocycles. The summed E-state index contributed by atoms with van der Waals surface area (Å²) in [6, 6.07) is 7.74. The van der Waals surface area contributed by atoms with Crippen LogP contribution in [-0.2, 0) is 6.42 Å². The maximum absolute atomic E-state index is 6.14. The molecule has 0 bridgehead atoms. The lowest BCUT2D eigenvalue weighted by Crippen LogP contribution is -2.42. The van der Waals surface area contributed by atoms with E-state index in [1.165, 1.54) is 0 Å². The Morgan fingerprint density at radius 2 is 1.97 bits per heavy atom. The van der Waals surface area contributed by atoms with Crippen LogP contribution >= 0.6 is 23.8 Å². The number of aromatic nitrogens is 3. The lowest BCUT2D eigenvalue weighted by atomic mass is 10.1. The van der Waals surface area contributed by atoms with E-state index >= 15 is 0 Å². The van der Waals surface area contributed by atoms with Gasteiger partial charge in [0.1, 0.15) is 0 Å². The van der Waals surface area contributed by atoms with E-state index in [9.17, 15) is 0 Å². The van der Waals surface area contributed by atoms with Gasteiger partial charge in [0.05, 0.1) is 0 Å². The van der Waals surface area contributed by atoms with Crippen LogP contribution in [-0.4, -0.2) is 39.1 Å². The molecule has 3 aromatic rings. The summed E-state index contributed by atoms with van der Waals surface area (Å²) in [6.45, 7) is 7.10. The fourth-order valence-electron chi connectivity index (χ4n) is 2.96. The molecular formula is C20H24ClN7S. The number of aliphatic imine (C=N–C) groups is 1. The van der Waals surface area contributed by atoms with Crippen molar-refractivity contribution in [2.24, 2.45) is 4.99 Å². The van der Waals surface area contributed by atoms with Crippen molar-refractivity contribution in [3.8, 4) is 0 Å². The summed E-state index contributed by atoms with van der Waals surface area (Å²) < 4.78 is 0. The van der Waals surface area contributed by atoms with Gasteiger partial charge in [-0.05, 0) is 69.2 Å². The van der Waals surface area contributed by atoms with Crippen LogP contribution in [0.3, 0.4) is 0 Å². The molecule has 7 nitrogen and oxygen atoms in total. The van der Waals surface area contributed by atoms with Crippen LogP contribution in [0.5, 0.6) is 0 Å². The van der Waals surface area contributed by atoms with Crippen LogP contribution in [0.15, 0.2) is 35.5 Å². The van der Waals surface area contributed by atoms with Crippen molar-refractivity contribution in [1.82, 2.24) is 25.6 Å². The number of nitrogens with one attached hydrogen (secondary N) is 4. The highest BCUT2D eigenvalue weighted by Gasteiger charge is 2.08. The molecule has 2 heterocycles. The Hall–Kier alpha value is -2.71. The minimum atomic E-state index is 0.479. The van der Waals surface area contributed by atoms with E-state index in [0.717, 1.165) is 40.8 Å². The van der Waals surface area contributed by atoms with Crippen molar-refractivity contribution in [2.75, 3.05) is 18.4 Å². The van der Waals surface area contributed by atoms with E-state index in [-0.39, 0.29) is 0 Å². The number of H-pyrrole nitrogens is 1. The normalized spacial score (nSPS) is 11.5. The number of hydrogen-bond donors (Lipinski definition) is 4. The highest BCUT2D eigenvalue weighted by Crippen LogP contribution is 2.22. The van der Waals surface area contributed by atoms with Crippen molar-refractivity contribution in [2.45, 2.75) is 27.2 Å². The monoisotopic (exact) mass is 429 g/mol. The SMILES string of the molecule is CCNC(=S)NC(=NCCc1c[nH]c2ccc(Cl)cc12)Nc1nc(C)cc(C)n1. The van der Waals surface area contributed by atoms with Gasteiger partial charge >= 0.3 is 0 Å². The first-order valence-electron chi connectivity index (χ1n) is 9.38. The number of anilines is 1. The fourth-order valence-corrected chi connectivity index (χ4v) is 3.37. The molecule has 2 aromatic heterocycles. The molecule has 4 N–H and O–H groups in total.